The van der Waals surface area contributed by atoms with Gasteiger partial charge in [0.2, 0.25) is 11.8 Å². The van der Waals surface area contributed by atoms with Crippen LogP contribution in [-0.2, 0) is 22.4 Å². The first kappa shape index (κ1) is 15.1. The molecule has 2 aromatic carbocycles. The van der Waals surface area contributed by atoms with E-state index in [0.717, 1.165) is 22.6 Å². The van der Waals surface area contributed by atoms with E-state index in [0.29, 0.717) is 6.42 Å². The molecule has 1 atom stereocenters. The minimum atomic E-state index is -1.27. The second-order valence-corrected chi connectivity index (χ2v) is 5.76. The van der Waals surface area contributed by atoms with E-state index in [2.05, 4.69) is 5.32 Å². The largest absolute Gasteiger partial charge is 0.497 e. The Bertz CT molecular complexity index is 755. The lowest BCUT2D eigenvalue weighted by molar-refractivity contribution is -0.138. The number of carbonyl (C=O) groups excluding carboxylic acids is 2. The van der Waals surface area contributed by atoms with Crippen LogP contribution in [0.3, 0.4) is 0 Å². The number of nitrogens with two attached hydrogens (primary N) is 1. The van der Waals surface area contributed by atoms with Crippen molar-refractivity contribution >= 4 is 17.5 Å². The summed E-state index contributed by atoms with van der Waals surface area (Å²) >= 11 is 0. The normalized spacial score (nSPS) is 19.6. The topological polar surface area (TPSA) is 81.4 Å². The quantitative estimate of drug-likeness (QED) is 0.846. The van der Waals surface area contributed by atoms with Gasteiger partial charge in [0.05, 0.1) is 7.11 Å². The fourth-order valence-electron chi connectivity index (χ4n) is 2.96. The molecule has 1 aliphatic heterocycles. The molecular formula is C18H18N2O3. The third kappa shape index (κ3) is 2.65. The number of carbonyl (C=O) groups is 2. The molecule has 0 unspecified atom stereocenters. The number of rotatable bonds is 4. The van der Waals surface area contributed by atoms with E-state index in [4.69, 9.17) is 10.5 Å². The summed E-state index contributed by atoms with van der Waals surface area (Å²) in [6.45, 7) is 0. The molecule has 3 N–H and O–H groups in total. The van der Waals surface area contributed by atoms with Crippen molar-refractivity contribution in [2.24, 2.45) is 11.1 Å². The fourth-order valence-corrected chi connectivity index (χ4v) is 2.96. The summed E-state index contributed by atoms with van der Waals surface area (Å²) < 4.78 is 5.13. The first-order valence-electron chi connectivity index (χ1n) is 7.37. The molecule has 0 radical (unpaired) electrons. The Hall–Kier alpha value is -2.82. The molecule has 0 spiro atoms. The van der Waals surface area contributed by atoms with E-state index in [1.807, 2.05) is 36.4 Å². The monoisotopic (exact) mass is 310 g/mol. The van der Waals surface area contributed by atoms with Crippen LogP contribution in [0.5, 0.6) is 5.75 Å². The van der Waals surface area contributed by atoms with Crippen LogP contribution in [0.1, 0.15) is 11.1 Å². The molecule has 0 saturated carbocycles. The number of methoxy groups -OCH3 is 1. The number of ether oxygens (including phenoxy) is 1. The third-order valence-corrected chi connectivity index (χ3v) is 4.33. The first-order chi connectivity index (χ1) is 11.0. The van der Waals surface area contributed by atoms with Crippen molar-refractivity contribution in [3.63, 3.8) is 0 Å². The molecule has 23 heavy (non-hydrogen) atoms. The molecule has 0 aliphatic carbocycles. The van der Waals surface area contributed by atoms with Gasteiger partial charge in [-0.1, -0.05) is 30.3 Å². The van der Waals surface area contributed by atoms with Gasteiger partial charge in [0.25, 0.3) is 0 Å². The van der Waals surface area contributed by atoms with Crippen molar-refractivity contribution in [1.82, 2.24) is 0 Å². The summed E-state index contributed by atoms with van der Waals surface area (Å²) in [7, 11) is 1.59. The summed E-state index contributed by atoms with van der Waals surface area (Å²) in [5.74, 6) is -0.236. The van der Waals surface area contributed by atoms with E-state index < -0.39 is 11.3 Å². The van der Waals surface area contributed by atoms with Crippen molar-refractivity contribution in [2.75, 3.05) is 12.4 Å². The average molecular weight is 310 g/mol. The molecule has 118 valence electrons. The Kier molecular flexibility index (Phi) is 3.78. The number of para-hydroxylation sites is 1. The molecule has 1 aliphatic rings. The third-order valence-electron chi connectivity index (χ3n) is 4.33. The van der Waals surface area contributed by atoms with E-state index in [1.165, 1.54) is 0 Å². The van der Waals surface area contributed by atoms with E-state index in [-0.39, 0.29) is 12.3 Å². The maximum Gasteiger partial charge on any atom is 0.240 e. The van der Waals surface area contributed by atoms with Crippen LogP contribution in [0.25, 0.3) is 0 Å². The number of primary amides is 1. The Balaban J connectivity index is 1.97. The van der Waals surface area contributed by atoms with Crippen LogP contribution in [0.4, 0.5) is 5.69 Å². The van der Waals surface area contributed by atoms with Crippen molar-refractivity contribution < 1.29 is 14.3 Å². The van der Waals surface area contributed by atoms with E-state index in [1.54, 1.807) is 19.2 Å². The van der Waals surface area contributed by atoms with Gasteiger partial charge in [-0.3, -0.25) is 9.59 Å². The molecule has 2 amide bonds. The highest BCUT2D eigenvalue weighted by Crippen LogP contribution is 2.36. The number of nitrogens with one attached hydrogen (secondary N) is 1. The molecule has 3 rings (SSSR count). The van der Waals surface area contributed by atoms with Crippen molar-refractivity contribution in [3.05, 3.63) is 59.7 Å². The number of anilines is 1. The molecule has 1 heterocycles. The summed E-state index contributed by atoms with van der Waals surface area (Å²) in [5.41, 5.74) is 6.87. The Morgan fingerprint density at radius 2 is 1.91 bits per heavy atom. The second kappa shape index (κ2) is 5.76. The maximum atomic E-state index is 12.6. The smallest absolute Gasteiger partial charge is 0.240 e. The minimum absolute atomic E-state index is 0.256. The van der Waals surface area contributed by atoms with Gasteiger partial charge in [0, 0.05) is 5.69 Å². The van der Waals surface area contributed by atoms with Crippen molar-refractivity contribution in [3.8, 4) is 5.75 Å². The lowest BCUT2D eigenvalue weighted by atomic mass is 9.72. The summed E-state index contributed by atoms with van der Waals surface area (Å²) in [6.07, 6.45) is 0.558. The zero-order valence-electron chi connectivity index (χ0n) is 12.8. The molecular weight excluding hydrogens is 292 g/mol. The van der Waals surface area contributed by atoms with Crippen LogP contribution >= 0.6 is 0 Å². The standard InChI is InChI=1S/C18H18N2O3/c1-23-14-8-6-12(7-9-14)10-18(16(19)21)11-13-4-2-3-5-15(13)20-17(18)22/h2-9H,10-11H2,1H3,(H2,19,21)(H,20,22)/t18-/m1/s1. The van der Waals surface area contributed by atoms with Gasteiger partial charge in [-0.25, -0.2) is 0 Å². The highest BCUT2D eigenvalue weighted by atomic mass is 16.5. The van der Waals surface area contributed by atoms with Gasteiger partial charge < -0.3 is 15.8 Å². The Labute approximate surface area is 134 Å². The highest BCUT2D eigenvalue weighted by Gasteiger charge is 2.47. The second-order valence-electron chi connectivity index (χ2n) is 5.76. The Morgan fingerprint density at radius 3 is 2.57 bits per heavy atom. The van der Waals surface area contributed by atoms with E-state index in [9.17, 15) is 9.59 Å². The zero-order valence-corrected chi connectivity index (χ0v) is 12.8. The van der Waals surface area contributed by atoms with Crippen LogP contribution in [0.15, 0.2) is 48.5 Å². The number of fused-ring (bicyclic) bond motifs is 1. The SMILES string of the molecule is COc1ccc(C[C@]2(C(N)=O)Cc3ccccc3NC2=O)cc1. The molecule has 0 fully saturated rings. The van der Waals surface area contributed by atoms with Crippen molar-refractivity contribution in [2.45, 2.75) is 12.8 Å². The molecule has 5 heteroatoms. The number of benzene rings is 2. The first-order valence-corrected chi connectivity index (χ1v) is 7.37. The summed E-state index contributed by atoms with van der Waals surface area (Å²) in [4.78, 5) is 24.8. The molecule has 0 saturated heterocycles. The molecule has 2 aromatic rings. The van der Waals surface area contributed by atoms with Crippen LogP contribution < -0.4 is 15.8 Å². The summed E-state index contributed by atoms with van der Waals surface area (Å²) in [6, 6.07) is 14.8. The van der Waals surface area contributed by atoms with Crippen LogP contribution in [0, 0.1) is 5.41 Å². The van der Waals surface area contributed by atoms with Crippen molar-refractivity contribution in [1.29, 1.82) is 0 Å². The predicted octanol–water partition coefficient (Wildman–Crippen LogP) is 1.90. The number of hydrogen-bond donors (Lipinski definition) is 2. The zero-order chi connectivity index (χ0) is 16.4. The van der Waals surface area contributed by atoms with Gasteiger partial charge in [0.1, 0.15) is 11.2 Å². The highest BCUT2D eigenvalue weighted by molar-refractivity contribution is 6.12. The van der Waals surface area contributed by atoms with Crippen LogP contribution in [0.2, 0.25) is 0 Å². The fraction of sp³-hybridized carbons (Fsp3) is 0.222. The molecule has 0 aromatic heterocycles. The lowest BCUT2D eigenvalue weighted by Crippen LogP contribution is -2.52. The van der Waals surface area contributed by atoms with Gasteiger partial charge >= 0.3 is 0 Å². The Morgan fingerprint density at radius 1 is 1.22 bits per heavy atom. The van der Waals surface area contributed by atoms with Gasteiger partial charge in [-0.15, -0.1) is 0 Å². The molecule has 0 bridgehead atoms. The summed E-state index contributed by atoms with van der Waals surface area (Å²) in [5, 5.41) is 2.81. The van der Waals surface area contributed by atoms with Gasteiger partial charge in [0.15, 0.2) is 0 Å². The van der Waals surface area contributed by atoms with E-state index >= 15 is 0 Å². The number of hydrogen-bond acceptors (Lipinski definition) is 3. The van der Waals surface area contributed by atoms with Gasteiger partial charge in [-0.2, -0.15) is 0 Å². The van der Waals surface area contributed by atoms with Gasteiger partial charge in [-0.05, 0) is 42.2 Å². The average Bonchev–Trinajstić information content (AvgIpc) is 2.56. The molecule has 5 nitrogen and oxygen atoms in total. The number of amides is 2. The lowest BCUT2D eigenvalue weighted by Gasteiger charge is -2.34. The minimum Gasteiger partial charge on any atom is -0.497 e. The maximum absolute atomic E-state index is 12.6. The predicted molar refractivity (Wildman–Crippen MR) is 87.1 cm³/mol. The van der Waals surface area contributed by atoms with Crippen LogP contribution in [-0.4, -0.2) is 18.9 Å².